The van der Waals surface area contributed by atoms with Gasteiger partial charge in [0.15, 0.2) is 0 Å². The summed E-state index contributed by atoms with van der Waals surface area (Å²) in [7, 11) is 0. The van der Waals surface area contributed by atoms with Crippen LogP contribution in [0.2, 0.25) is 0 Å². The standard InChI is InChI=1S/C22H26F2N2O4/c1-11(8-16(27)28)10-25-7-6-15(20(25)29)26-19-14(23)9-13(12-4-5-12)18(24)17(19)22(2,3)21(26)30/h9,11-12,15H,4-8,10H2,1-3H3,(H,27,28). The molecule has 1 aromatic carbocycles. The second-order valence-corrected chi connectivity index (χ2v) is 9.35. The summed E-state index contributed by atoms with van der Waals surface area (Å²) >= 11 is 0. The number of carboxylic acids is 1. The van der Waals surface area contributed by atoms with E-state index in [9.17, 15) is 14.4 Å². The molecule has 0 spiro atoms. The van der Waals surface area contributed by atoms with Gasteiger partial charge in [-0.3, -0.25) is 19.3 Å². The minimum Gasteiger partial charge on any atom is -0.481 e. The van der Waals surface area contributed by atoms with Crippen LogP contribution in [0.25, 0.3) is 0 Å². The molecular formula is C22H26F2N2O4. The molecule has 4 rings (SSSR count). The lowest BCUT2D eigenvalue weighted by atomic mass is 9.84. The second kappa shape index (κ2) is 7.03. The average molecular weight is 420 g/mol. The first kappa shape index (κ1) is 20.8. The fraction of sp³-hybridized carbons (Fsp3) is 0.591. The summed E-state index contributed by atoms with van der Waals surface area (Å²) in [4.78, 5) is 39.8. The van der Waals surface area contributed by atoms with Crippen LogP contribution in [0, 0.1) is 17.6 Å². The van der Waals surface area contributed by atoms with Gasteiger partial charge in [0.25, 0.3) is 0 Å². The molecule has 8 heteroatoms. The maximum atomic E-state index is 15.3. The maximum Gasteiger partial charge on any atom is 0.303 e. The number of nitrogens with zero attached hydrogens (tertiary/aromatic N) is 2. The molecule has 1 N–H and O–H groups in total. The van der Waals surface area contributed by atoms with E-state index in [0.717, 1.165) is 17.7 Å². The minimum absolute atomic E-state index is 0.0101. The number of hydrogen-bond donors (Lipinski definition) is 1. The predicted octanol–water partition coefficient (Wildman–Crippen LogP) is 3.18. The van der Waals surface area contributed by atoms with Crippen molar-refractivity contribution in [3.63, 3.8) is 0 Å². The zero-order valence-corrected chi connectivity index (χ0v) is 17.4. The van der Waals surface area contributed by atoms with Crippen molar-refractivity contribution in [3.8, 4) is 0 Å². The van der Waals surface area contributed by atoms with Crippen molar-refractivity contribution in [2.45, 2.75) is 63.8 Å². The molecule has 2 fully saturated rings. The Hall–Kier alpha value is -2.51. The third kappa shape index (κ3) is 3.17. The highest BCUT2D eigenvalue weighted by atomic mass is 19.1. The van der Waals surface area contributed by atoms with E-state index in [4.69, 9.17) is 5.11 Å². The Morgan fingerprint density at radius 1 is 1.27 bits per heavy atom. The van der Waals surface area contributed by atoms with Crippen LogP contribution in [-0.2, 0) is 19.8 Å². The second-order valence-electron chi connectivity index (χ2n) is 9.35. The van der Waals surface area contributed by atoms with Gasteiger partial charge in [-0.05, 0) is 56.6 Å². The van der Waals surface area contributed by atoms with E-state index in [2.05, 4.69) is 0 Å². The van der Waals surface area contributed by atoms with Gasteiger partial charge in [-0.1, -0.05) is 6.92 Å². The van der Waals surface area contributed by atoms with Gasteiger partial charge < -0.3 is 10.0 Å². The number of anilines is 1. The fourth-order valence-corrected chi connectivity index (χ4v) is 4.82. The monoisotopic (exact) mass is 420 g/mol. The molecule has 2 heterocycles. The minimum atomic E-state index is -1.27. The normalized spacial score (nSPS) is 23.8. The number of halogens is 2. The Balaban J connectivity index is 1.67. The lowest BCUT2D eigenvalue weighted by Crippen LogP contribution is -2.47. The van der Waals surface area contributed by atoms with Gasteiger partial charge in [-0.15, -0.1) is 0 Å². The van der Waals surface area contributed by atoms with Gasteiger partial charge in [0.1, 0.15) is 17.7 Å². The average Bonchev–Trinajstić information content (AvgIpc) is 3.39. The first-order valence-electron chi connectivity index (χ1n) is 10.4. The van der Waals surface area contributed by atoms with Crippen molar-refractivity contribution < 1.29 is 28.3 Å². The summed E-state index contributed by atoms with van der Waals surface area (Å²) in [5, 5.41) is 8.94. The van der Waals surface area contributed by atoms with E-state index in [-0.39, 0.29) is 42.0 Å². The molecule has 1 aromatic rings. The molecule has 2 unspecified atom stereocenters. The quantitative estimate of drug-likeness (QED) is 0.767. The van der Waals surface area contributed by atoms with Gasteiger partial charge in [0.2, 0.25) is 11.8 Å². The largest absolute Gasteiger partial charge is 0.481 e. The zero-order valence-electron chi connectivity index (χ0n) is 17.4. The molecule has 0 aromatic heterocycles. The first-order valence-corrected chi connectivity index (χ1v) is 10.4. The molecule has 0 bridgehead atoms. The molecule has 0 radical (unpaired) electrons. The number of rotatable bonds is 6. The van der Waals surface area contributed by atoms with Crippen molar-refractivity contribution >= 4 is 23.5 Å². The van der Waals surface area contributed by atoms with Crippen LogP contribution in [0.15, 0.2) is 6.07 Å². The maximum absolute atomic E-state index is 15.3. The van der Waals surface area contributed by atoms with E-state index in [1.165, 1.54) is 11.0 Å². The van der Waals surface area contributed by atoms with Gasteiger partial charge in [0.05, 0.1) is 11.1 Å². The first-order chi connectivity index (χ1) is 14.0. The van der Waals surface area contributed by atoms with Crippen molar-refractivity contribution in [2.75, 3.05) is 18.0 Å². The number of carbonyl (C=O) groups is 3. The number of aliphatic carboxylic acids is 1. The molecule has 2 amide bonds. The van der Waals surface area contributed by atoms with Gasteiger partial charge in [0, 0.05) is 25.1 Å². The van der Waals surface area contributed by atoms with Crippen LogP contribution in [0.4, 0.5) is 14.5 Å². The van der Waals surface area contributed by atoms with Crippen molar-refractivity contribution in [1.29, 1.82) is 0 Å². The summed E-state index contributed by atoms with van der Waals surface area (Å²) in [6.45, 7) is 5.47. The number of carbonyl (C=O) groups excluding carboxylic acids is 2. The van der Waals surface area contributed by atoms with Crippen molar-refractivity contribution in [2.24, 2.45) is 5.92 Å². The predicted molar refractivity (Wildman–Crippen MR) is 105 cm³/mol. The van der Waals surface area contributed by atoms with Crippen LogP contribution in [0.3, 0.4) is 0 Å². The van der Waals surface area contributed by atoms with Gasteiger partial charge >= 0.3 is 5.97 Å². The van der Waals surface area contributed by atoms with Crippen LogP contribution in [0.1, 0.15) is 63.5 Å². The molecule has 1 aliphatic carbocycles. The number of hydrogen-bond acceptors (Lipinski definition) is 3. The van der Waals surface area contributed by atoms with Gasteiger partial charge in [-0.2, -0.15) is 0 Å². The third-order valence-corrected chi connectivity index (χ3v) is 6.49. The highest BCUT2D eigenvalue weighted by Crippen LogP contribution is 2.51. The Bertz CT molecular complexity index is 942. The molecule has 2 atom stereocenters. The van der Waals surface area contributed by atoms with Crippen LogP contribution in [0.5, 0.6) is 0 Å². The smallest absolute Gasteiger partial charge is 0.303 e. The molecule has 1 saturated heterocycles. The van der Waals surface area contributed by atoms with E-state index in [1.807, 2.05) is 0 Å². The van der Waals surface area contributed by atoms with E-state index in [0.29, 0.717) is 18.5 Å². The summed E-state index contributed by atoms with van der Waals surface area (Å²) < 4.78 is 30.5. The summed E-state index contributed by atoms with van der Waals surface area (Å²) in [5.41, 5.74) is -1.03. The Labute approximate surface area is 173 Å². The molecule has 30 heavy (non-hydrogen) atoms. The van der Waals surface area contributed by atoms with Crippen LogP contribution >= 0.6 is 0 Å². The SMILES string of the molecule is CC(CC(=O)O)CN1CCC(N2C(=O)C(C)(C)c3c(F)c(C4CC4)cc(F)c32)C1=O. The summed E-state index contributed by atoms with van der Waals surface area (Å²) in [6.07, 6.45) is 1.83. The highest BCUT2D eigenvalue weighted by Gasteiger charge is 2.54. The molecule has 3 aliphatic rings. The van der Waals surface area contributed by atoms with E-state index >= 15 is 8.78 Å². The Kier molecular flexibility index (Phi) is 4.86. The number of fused-ring (bicyclic) bond motifs is 1. The van der Waals surface area contributed by atoms with E-state index in [1.54, 1.807) is 20.8 Å². The van der Waals surface area contributed by atoms with Crippen LogP contribution < -0.4 is 4.90 Å². The van der Waals surface area contributed by atoms with Gasteiger partial charge in [-0.25, -0.2) is 8.78 Å². The zero-order chi connectivity index (χ0) is 22.0. The summed E-state index contributed by atoms with van der Waals surface area (Å²) in [5.74, 6) is -3.25. The molecule has 6 nitrogen and oxygen atoms in total. The number of benzene rings is 1. The fourth-order valence-electron chi connectivity index (χ4n) is 4.82. The lowest BCUT2D eigenvalue weighted by Gasteiger charge is -2.27. The lowest BCUT2D eigenvalue weighted by molar-refractivity contribution is -0.139. The highest BCUT2D eigenvalue weighted by molar-refractivity contribution is 6.12. The van der Waals surface area contributed by atoms with E-state index < -0.39 is 35.0 Å². The number of amides is 2. The number of carboxylic acid groups (broad SMARTS) is 1. The topological polar surface area (TPSA) is 77.9 Å². The van der Waals surface area contributed by atoms with Crippen LogP contribution in [-0.4, -0.2) is 46.9 Å². The molecule has 162 valence electrons. The number of likely N-dealkylation sites (tertiary alicyclic amines) is 1. The molecule has 1 saturated carbocycles. The molecular weight excluding hydrogens is 394 g/mol. The molecule has 2 aliphatic heterocycles. The Morgan fingerprint density at radius 2 is 1.93 bits per heavy atom. The summed E-state index contributed by atoms with van der Waals surface area (Å²) in [6, 6.07) is 0.273. The Morgan fingerprint density at radius 3 is 2.53 bits per heavy atom. The van der Waals surface area contributed by atoms with Crippen molar-refractivity contribution in [3.05, 3.63) is 28.8 Å². The van der Waals surface area contributed by atoms with Crippen molar-refractivity contribution in [1.82, 2.24) is 4.90 Å². The third-order valence-electron chi connectivity index (χ3n) is 6.49.